The molecule has 204 valence electrons. The van der Waals surface area contributed by atoms with E-state index in [0.29, 0.717) is 71.2 Å². The molecule has 0 aromatic heterocycles. The van der Waals surface area contributed by atoms with Gasteiger partial charge in [0.1, 0.15) is 24.0 Å². The van der Waals surface area contributed by atoms with Gasteiger partial charge in [-0.25, -0.2) is 0 Å². The second-order valence-corrected chi connectivity index (χ2v) is 9.21. The van der Waals surface area contributed by atoms with E-state index in [1.807, 2.05) is 31.2 Å². The summed E-state index contributed by atoms with van der Waals surface area (Å²) in [6.07, 6.45) is 1.67. The molecule has 0 saturated carbocycles. The number of ether oxygens (including phenoxy) is 7. The minimum Gasteiger partial charge on any atom is -0.496 e. The third kappa shape index (κ3) is 4.81. The van der Waals surface area contributed by atoms with Crippen molar-refractivity contribution in [1.29, 1.82) is 0 Å². The number of hydrogen-bond acceptors (Lipinski definition) is 9. The van der Waals surface area contributed by atoms with Gasteiger partial charge in [-0.05, 0) is 48.4 Å². The fraction of sp³-hybridized carbons (Fsp3) is 0.300. The van der Waals surface area contributed by atoms with Crippen LogP contribution < -0.4 is 33.2 Å². The number of ketones is 1. The normalized spacial score (nSPS) is 15.2. The van der Waals surface area contributed by atoms with Gasteiger partial charge in [-0.15, -0.1) is 0 Å². The van der Waals surface area contributed by atoms with Crippen molar-refractivity contribution in [1.82, 2.24) is 4.90 Å². The number of fused-ring (bicyclic) bond motifs is 3. The standard InChI is InChI=1S/C30H31NO8/c1-17-9-23-20(15-31(16-38-23)14-18-7-8-21(33-2)24(10-18)35-4)30-28(17)29(32)27(39-30)12-19-11-25(36-5)26(37-6)13-22(19)34-3/h7-13H,14-16H2,1-6H3/b27-12-. The third-order valence-corrected chi connectivity index (χ3v) is 6.86. The Kier molecular flexibility index (Phi) is 7.26. The molecule has 2 aliphatic heterocycles. The van der Waals surface area contributed by atoms with Crippen LogP contribution in [0.5, 0.6) is 40.2 Å². The topological polar surface area (TPSA) is 84.9 Å². The molecular formula is C30H31NO8. The molecule has 0 saturated heterocycles. The number of carbonyl (C=O) groups excluding carboxylic acids is 1. The van der Waals surface area contributed by atoms with E-state index < -0.39 is 0 Å². The Balaban J connectivity index is 1.46. The molecule has 5 rings (SSSR count). The van der Waals surface area contributed by atoms with Crippen molar-refractivity contribution in [2.45, 2.75) is 20.0 Å². The molecular weight excluding hydrogens is 502 g/mol. The monoisotopic (exact) mass is 533 g/mol. The first-order chi connectivity index (χ1) is 18.9. The summed E-state index contributed by atoms with van der Waals surface area (Å²) in [7, 11) is 7.89. The number of nitrogens with zero attached hydrogens (tertiary/aromatic N) is 1. The van der Waals surface area contributed by atoms with Crippen molar-refractivity contribution in [2.24, 2.45) is 0 Å². The van der Waals surface area contributed by atoms with Crippen LogP contribution in [0.3, 0.4) is 0 Å². The van der Waals surface area contributed by atoms with Gasteiger partial charge in [0.05, 0.1) is 46.7 Å². The number of hydrogen-bond donors (Lipinski definition) is 0. The van der Waals surface area contributed by atoms with Crippen molar-refractivity contribution in [3.05, 3.63) is 70.0 Å². The Morgan fingerprint density at radius 3 is 2.21 bits per heavy atom. The summed E-state index contributed by atoms with van der Waals surface area (Å²) in [5, 5.41) is 0. The van der Waals surface area contributed by atoms with E-state index in [1.165, 1.54) is 0 Å². The first-order valence-corrected chi connectivity index (χ1v) is 12.4. The van der Waals surface area contributed by atoms with Gasteiger partial charge < -0.3 is 33.2 Å². The van der Waals surface area contributed by atoms with Crippen LogP contribution in [-0.4, -0.2) is 53.0 Å². The molecule has 39 heavy (non-hydrogen) atoms. The van der Waals surface area contributed by atoms with Crippen LogP contribution in [-0.2, 0) is 13.1 Å². The van der Waals surface area contributed by atoms with Crippen LogP contribution in [0, 0.1) is 6.92 Å². The van der Waals surface area contributed by atoms with Gasteiger partial charge in [0, 0.05) is 24.7 Å². The largest absolute Gasteiger partial charge is 0.496 e. The van der Waals surface area contributed by atoms with Gasteiger partial charge in [-0.2, -0.15) is 0 Å². The highest BCUT2D eigenvalue weighted by Gasteiger charge is 2.35. The number of benzene rings is 3. The molecule has 0 amide bonds. The second-order valence-electron chi connectivity index (χ2n) is 9.21. The summed E-state index contributed by atoms with van der Waals surface area (Å²) < 4.78 is 39.5. The van der Waals surface area contributed by atoms with Crippen molar-refractivity contribution in [3.8, 4) is 40.2 Å². The molecule has 0 aliphatic carbocycles. The minimum atomic E-state index is -0.195. The van der Waals surface area contributed by atoms with E-state index >= 15 is 0 Å². The Morgan fingerprint density at radius 1 is 0.846 bits per heavy atom. The van der Waals surface area contributed by atoms with E-state index in [2.05, 4.69) is 4.90 Å². The van der Waals surface area contributed by atoms with E-state index in [-0.39, 0.29) is 11.5 Å². The molecule has 0 fully saturated rings. The van der Waals surface area contributed by atoms with Crippen LogP contribution in [0.1, 0.15) is 32.6 Å². The fourth-order valence-electron chi connectivity index (χ4n) is 4.92. The number of carbonyl (C=O) groups is 1. The van der Waals surface area contributed by atoms with Gasteiger partial charge in [0.25, 0.3) is 0 Å². The quantitative estimate of drug-likeness (QED) is 0.371. The number of aryl methyl sites for hydroxylation is 1. The van der Waals surface area contributed by atoms with Crippen LogP contribution in [0.15, 0.2) is 42.2 Å². The van der Waals surface area contributed by atoms with Crippen LogP contribution in [0.2, 0.25) is 0 Å². The molecule has 0 atom stereocenters. The molecule has 2 heterocycles. The lowest BCUT2D eigenvalue weighted by Crippen LogP contribution is -2.31. The average molecular weight is 534 g/mol. The Labute approximate surface area is 227 Å². The van der Waals surface area contributed by atoms with Crippen molar-refractivity contribution >= 4 is 11.9 Å². The molecule has 2 aliphatic rings. The summed E-state index contributed by atoms with van der Waals surface area (Å²) in [4.78, 5) is 15.6. The molecule has 3 aromatic rings. The zero-order chi connectivity index (χ0) is 27.7. The summed E-state index contributed by atoms with van der Waals surface area (Å²) >= 11 is 0. The molecule has 0 N–H and O–H groups in total. The van der Waals surface area contributed by atoms with Crippen LogP contribution >= 0.6 is 0 Å². The fourth-order valence-corrected chi connectivity index (χ4v) is 4.92. The summed E-state index contributed by atoms with van der Waals surface area (Å²) in [5.74, 6) is 4.14. The Hall–Kier alpha value is -4.37. The van der Waals surface area contributed by atoms with Crippen molar-refractivity contribution < 1.29 is 38.0 Å². The molecule has 9 heteroatoms. The molecule has 9 nitrogen and oxygen atoms in total. The predicted octanol–water partition coefficient (Wildman–Crippen LogP) is 5.01. The third-order valence-electron chi connectivity index (χ3n) is 6.86. The molecule has 3 aromatic carbocycles. The number of rotatable bonds is 8. The predicted molar refractivity (Wildman–Crippen MR) is 145 cm³/mol. The van der Waals surface area contributed by atoms with Gasteiger partial charge in [0.15, 0.2) is 28.8 Å². The van der Waals surface area contributed by atoms with Gasteiger partial charge in [0.2, 0.25) is 5.78 Å². The van der Waals surface area contributed by atoms with E-state index in [9.17, 15) is 4.79 Å². The number of allylic oxidation sites excluding steroid dienone is 1. The minimum absolute atomic E-state index is 0.195. The SMILES string of the molecule is COc1cc(OC)c(OC)cc1/C=C1\Oc2c3c(cc(C)c2C1=O)OCN(Cc1ccc(OC)c(OC)c1)C3. The van der Waals surface area contributed by atoms with Gasteiger partial charge >= 0.3 is 0 Å². The number of methoxy groups -OCH3 is 5. The zero-order valence-corrected chi connectivity index (χ0v) is 22.9. The maximum Gasteiger partial charge on any atom is 0.232 e. The average Bonchev–Trinajstić information content (AvgIpc) is 3.29. The summed E-state index contributed by atoms with van der Waals surface area (Å²) in [5.41, 5.74) is 3.84. The second kappa shape index (κ2) is 10.8. The van der Waals surface area contributed by atoms with Crippen molar-refractivity contribution in [2.75, 3.05) is 42.3 Å². The molecule has 0 spiro atoms. The first-order valence-electron chi connectivity index (χ1n) is 12.4. The molecule has 0 unspecified atom stereocenters. The highest BCUT2D eigenvalue weighted by atomic mass is 16.5. The first kappa shape index (κ1) is 26.2. The van der Waals surface area contributed by atoms with Crippen LogP contribution in [0.25, 0.3) is 6.08 Å². The lowest BCUT2D eigenvalue weighted by atomic mass is 9.98. The molecule has 0 bridgehead atoms. The maximum atomic E-state index is 13.5. The lowest BCUT2D eigenvalue weighted by molar-refractivity contribution is 0.0871. The smallest absolute Gasteiger partial charge is 0.232 e. The van der Waals surface area contributed by atoms with Gasteiger partial charge in [-0.3, -0.25) is 9.69 Å². The van der Waals surface area contributed by atoms with E-state index in [1.54, 1.807) is 53.8 Å². The zero-order valence-electron chi connectivity index (χ0n) is 22.9. The Bertz CT molecular complexity index is 1460. The van der Waals surface area contributed by atoms with Crippen LogP contribution in [0.4, 0.5) is 0 Å². The van der Waals surface area contributed by atoms with Gasteiger partial charge in [-0.1, -0.05) is 6.07 Å². The highest BCUT2D eigenvalue weighted by Crippen LogP contribution is 2.45. The van der Waals surface area contributed by atoms with E-state index in [0.717, 1.165) is 16.7 Å². The lowest BCUT2D eigenvalue weighted by Gasteiger charge is -2.30. The molecule has 0 radical (unpaired) electrons. The van der Waals surface area contributed by atoms with E-state index in [4.69, 9.17) is 33.2 Å². The number of Topliss-reactive ketones (excluding diaryl/α,β-unsaturated/α-hetero) is 1. The Morgan fingerprint density at radius 2 is 1.51 bits per heavy atom. The summed E-state index contributed by atoms with van der Waals surface area (Å²) in [6.45, 7) is 3.45. The highest BCUT2D eigenvalue weighted by molar-refractivity contribution is 6.16. The maximum absolute atomic E-state index is 13.5. The summed E-state index contributed by atoms with van der Waals surface area (Å²) in [6, 6.07) is 11.2. The van der Waals surface area contributed by atoms with Crippen molar-refractivity contribution in [3.63, 3.8) is 0 Å².